The van der Waals surface area contributed by atoms with Crippen LogP contribution < -0.4 is 10.1 Å². The fourth-order valence-electron chi connectivity index (χ4n) is 1.35. The first-order valence-corrected chi connectivity index (χ1v) is 5.89. The Morgan fingerprint density at radius 3 is 2.94 bits per heavy atom. The van der Waals surface area contributed by atoms with Crippen LogP contribution >= 0.6 is 15.9 Å². The molecule has 3 nitrogen and oxygen atoms in total. The van der Waals surface area contributed by atoms with E-state index in [9.17, 15) is 0 Å². The topological polar surface area (TPSA) is 45.0 Å². The van der Waals surface area contributed by atoms with E-state index in [0.717, 1.165) is 15.8 Å². The quantitative estimate of drug-likeness (QED) is 0.903. The van der Waals surface area contributed by atoms with Crippen molar-refractivity contribution in [1.82, 2.24) is 5.32 Å². The molecule has 1 atom stereocenters. The van der Waals surface area contributed by atoms with Crippen LogP contribution in [0.5, 0.6) is 5.75 Å². The Kier molecular flexibility index (Phi) is 5.30. The Hall–Kier alpha value is -1.05. The monoisotopic (exact) mass is 282 g/mol. The van der Waals surface area contributed by atoms with Gasteiger partial charge in [0.1, 0.15) is 5.75 Å². The lowest BCUT2D eigenvalue weighted by molar-refractivity contribution is 0.407. The van der Waals surface area contributed by atoms with Gasteiger partial charge in [-0.3, -0.25) is 0 Å². The largest absolute Gasteiger partial charge is 0.496 e. The van der Waals surface area contributed by atoms with Crippen LogP contribution in [0.1, 0.15) is 12.5 Å². The van der Waals surface area contributed by atoms with Crippen LogP contribution in [0.2, 0.25) is 0 Å². The summed E-state index contributed by atoms with van der Waals surface area (Å²) in [6, 6.07) is 8.07. The first kappa shape index (κ1) is 13.0. The minimum atomic E-state index is 0.0261. The molecule has 0 aromatic heterocycles. The molecule has 4 heteroatoms. The summed E-state index contributed by atoms with van der Waals surface area (Å²) in [6.07, 6.45) is 0. The van der Waals surface area contributed by atoms with Gasteiger partial charge in [0.25, 0.3) is 0 Å². The number of halogens is 1. The number of nitriles is 1. The highest BCUT2D eigenvalue weighted by atomic mass is 79.9. The summed E-state index contributed by atoms with van der Waals surface area (Å²) in [5, 5.41) is 11.9. The van der Waals surface area contributed by atoms with E-state index >= 15 is 0 Å². The molecule has 86 valence electrons. The van der Waals surface area contributed by atoms with Gasteiger partial charge < -0.3 is 10.1 Å². The van der Waals surface area contributed by atoms with Crippen molar-refractivity contribution in [3.63, 3.8) is 0 Å². The predicted molar refractivity (Wildman–Crippen MR) is 67.2 cm³/mol. The lowest BCUT2D eigenvalue weighted by Crippen LogP contribution is -2.20. The van der Waals surface area contributed by atoms with Crippen LogP contribution in [0.25, 0.3) is 0 Å². The molecule has 0 saturated carbocycles. The third kappa shape index (κ3) is 3.84. The average Bonchev–Trinajstić information content (AvgIpc) is 2.29. The standard InChI is InChI=1S/C12H15BrN2O/c1-9(6-14)7-15-8-10-5-11(13)3-4-12(10)16-2/h3-5,9,15H,7-8H2,1-2H3. The van der Waals surface area contributed by atoms with E-state index in [-0.39, 0.29) is 5.92 Å². The summed E-state index contributed by atoms with van der Waals surface area (Å²) < 4.78 is 6.28. The number of methoxy groups -OCH3 is 1. The molecule has 16 heavy (non-hydrogen) atoms. The van der Waals surface area contributed by atoms with Crippen molar-refractivity contribution in [3.05, 3.63) is 28.2 Å². The van der Waals surface area contributed by atoms with E-state index in [2.05, 4.69) is 27.3 Å². The summed E-state index contributed by atoms with van der Waals surface area (Å²) in [7, 11) is 1.66. The van der Waals surface area contributed by atoms with Gasteiger partial charge in [-0.25, -0.2) is 0 Å². The number of rotatable bonds is 5. The van der Waals surface area contributed by atoms with Crippen molar-refractivity contribution >= 4 is 15.9 Å². The van der Waals surface area contributed by atoms with Gasteiger partial charge in [0, 0.05) is 23.1 Å². The molecule has 0 spiro atoms. The van der Waals surface area contributed by atoms with Crippen molar-refractivity contribution in [2.24, 2.45) is 5.92 Å². The van der Waals surface area contributed by atoms with Gasteiger partial charge in [0.05, 0.1) is 19.1 Å². The molecule has 0 aliphatic heterocycles. The smallest absolute Gasteiger partial charge is 0.123 e. The highest BCUT2D eigenvalue weighted by Crippen LogP contribution is 2.22. The average molecular weight is 283 g/mol. The molecule has 0 aliphatic rings. The SMILES string of the molecule is COc1ccc(Br)cc1CNCC(C)C#N. The predicted octanol–water partition coefficient (Wildman–Crippen LogP) is 2.71. The lowest BCUT2D eigenvalue weighted by atomic mass is 10.2. The molecule has 0 radical (unpaired) electrons. The minimum absolute atomic E-state index is 0.0261. The molecule has 1 N–H and O–H groups in total. The van der Waals surface area contributed by atoms with Crippen molar-refractivity contribution in [2.45, 2.75) is 13.5 Å². The van der Waals surface area contributed by atoms with Gasteiger partial charge in [-0.1, -0.05) is 15.9 Å². The highest BCUT2D eigenvalue weighted by molar-refractivity contribution is 9.10. The maximum atomic E-state index is 8.65. The number of hydrogen-bond donors (Lipinski definition) is 1. The Morgan fingerprint density at radius 2 is 2.31 bits per heavy atom. The third-order valence-electron chi connectivity index (χ3n) is 2.23. The molecule has 0 bridgehead atoms. The molecule has 0 amide bonds. The normalized spacial score (nSPS) is 11.9. The zero-order chi connectivity index (χ0) is 12.0. The molecular formula is C12H15BrN2O. The van der Waals surface area contributed by atoms with Gasteiger partial charge in [0.15, 0.2) is 0 Å². The molecule has 1 rings (SSSR count). The lowest BCUT2D eigenvalue weighted by Gasteiger charge is -2.10. The molecule has 0 fully saturated rings. The number of hydrogen-bond acceptors (Lipinski definition) is 3. The molecule has 1 aromatic rings. The molecule has 1 aromatic carbocycles. The molecule has 1 unspecified atom stereocenters. The van der Waals surface area contributed by atoms with E-state index in [4.69, 9.17) is 10.00 Å². The summed E-state index contributed by atoms with van der Waals surface area (Å²) in [4.78, 5) is 0. The van der Waals surface area contributed by atoms with E-state index < -0.39 is 0 Å². The van der Waals surface area contributed by atoms with Gasteiger partial charge in [-0.15, -0.1) is 0 Å². The minimum Gasteiger partial charge on any atom is -0.496 e. The van der Waals surface area contributed by atoms with Gasteiger partial charge in [-0.05, 0) is 25.1 Å². The van der Waals surface area contributed by atoms with E-state index in [1.165, 1.54) is 0 Å². The fraction of sp³-hybridized carbons (Fsp3) is 0.417. The summed E-state index contributed by atoms with van der Waals surface area (Å²) in [5.74, 6) is 0.887. The molecule has 0 saturated heterocycles. The van der Waals surface area contributed by atoms with Crippen molar-refractivity contribution in [2.75, 3.05) is 13.7 Å². The van der Waals surface area contributed by atoms with Gasteiger partial charge in [0.2, 0.25) is 0 Å². The Labute approximate surface area is 105 Å². The van der Waals surface area contributed by atoms with Crippen LogP contribution in [0.3, 0.4) is 0 Å². The first-order chi connectivity index (χ1) is 7.67. The maximum Gasteiger partial charge on any atom is 0.123 e. The molecule has 0 heterocycles. The summed E-state index contributed by atoms with van der Waals surface area (Å²) in [6.45, 7) is 3.28. The van der Waals surface area contributed by atoms with Crippen molar-refractivity contribution in [3.8, 4) is 11.8 Å². The van der Waals surface area contributed by atoms with Gasteiger partial charge >= 0.3 is 0 Å². The van der Waals surface area contributed by atoms with E-state index in [1.807, 2.05) is 25.1 Å². The summed E-state index contributed by atoms with van der Waals surface area (Å²) in [5.41, 5.74) is 1.09. The Balaban J connectivity index is 2.59. The first-order valence-electron chi connectivity index (χ1n) is 5.10. The van der Waals surface area contributed by atoms with Crippen molar-refractivity contribution in [1.29, 1.82) is 5.26 Å². The zero-order valence-electron chi connectivity index (χ0n) is 9.46. The number of benzene rings is 1. The Morgan fingerprint density at radius 1 is 1.56 bits per heavy atom. The zero-order valence-corrected chi connectivity index (χ0v) is 11.0. The van der Waals surface area contributed by atoms with Crippen LogP contribution in [0.15, 0.2) is 22.7 Å². The van der Waals surface area contributed by atoms with Gasteiger partial charge in [-0.2, -0.15) is 5.26 Å². The van der Waals surface area contributed by atoms with Crippen LogP contribution in [-0.4, -0.2) is 13.7 Å². The maximum absolute atomic E-state index is 8.65. The second kappa shape index (κ2) is 6.51. The second-order valence-corrected chi connectivity index (χ2v) is 4.53. The number of ether oxygens (including phenoxy) is 1. The highest BCUT2D eigenvalue weighted by Gasteiger charge is 2.04. The third-order valence-corrected chi connectivity index (χ3v) is 2.72. The van der Waals surface area contributed by atoms with Crippen LogP contribution in [0.4, 0.5) is 0 Å². The number of nitrogens with one attached hydrogen (secondary N) is 1. The summed E-state index contributed by atoms with van der Waals surface area (Å²) >= 11 is 3.42. The fourth-order valence-corrected chi connectivity index (χ4v) is 1.76. The van der Waals surface area contributed by atoms with E-state index in [1.54, 1.807) is 7.11 Å². The second-order valence-electron chi connectivity index (χ2n) is 3.62. The van der Waals surface area contributed by atoms with Crippen LogP contribution in [-0.2, 0) is 6.54 Å². The van der Waals surface area contributed by atoms with Crippen molar-refractivity contribution < 1.29 is 4.74 Å². The van der Waals surface area contributed by atoms with Crippen LogP contribution in [0, 0.1) is 17.2 Å². The van der Waals surface area contributed by atoms with E-state index in [0.29, 0.717) is 13.1 Å². The molecular weight excluding hydrogens is 268 g/mol. The number of nitrogens with zero attached hydrogens (tertiary/aromatic N) is 1. The molecule has 0 aliphatic carbocycles. The Bertz CT molecular complexity index is 387.